The molecule has 0 aliphatic carbocycles. The molecule has 0 bridgehead atoms. The van der Waals surface area contributed by atoms with Gasteiger partial charge >= 0.3 is 6.09 Å². The normalized spacial score (nSPS) is 14.3. The molecular formula is C17H19N3O4S. The SMILES string of the molecule is CN(C)c1ccc(NS(=O)(=O)c2ccc(N3CCOC3=O)cc2)cc1. The molecule has 132 valence electrons. The maximum absolute atomic E-state index is 12.5. The number of anilines is 3. The summed E-state index contributed by atoms with van der Waals surface area (Å²) < 4.78 is 32.4. The van der Waals surface area contributed by atoms with Crippen LogP contribution in [0.5, 0.6) is 0 Å². The highest BCUT2D eigenvalue weighted by Gasteiger charge is 2.24. The number of nitrogens with zero attached hydrogens (tertiary/aromatic N) is 2. The second-order valence-electron chi connectivity index (χ2n) is 5.81. The van der Waals surface area contributed by atoms with Crippen LogP contribution in [0.1, 0.15) is 0 Å². The Hall–Kier alpha value is -2.74. The van der Waals surface area contributed by atoms with E-state index in [1.807, 2.05) is 31.1 Å². The molecule has 0 atom stereocenters. The Labute approximate surface area is 146 Å². The van der Waals surface area contributed by atoms with Gasteiger partial charge in [0.15, 0.2) is 0 Å². The summed E-state index contributed by atoms with van der Waals surface area (Å²) in [5.74, 6) is 0. The Bertz CT molecular complexity index is 862. The number of nitrogens with one attached hydrogen (secondary N) is 1. The number of carbonyl (C=O) groups excluding carboxylic acids is 1. The van der Waals surface area contributed by atoms with Crippen LogP contribution in [0.25, 0.3) is 0 Å². The van der Waals surface area contributed by atoms with Gasteiger partial charge in [-0.25, -0.2) is 13.2 Å². The number of amides is 1. The van der Waals surface area contributed by atoms with Gasteiger partial charge in [-0.2, -0.15) is 0 Å². The molecule has 1 heterocycles. The molecule has 0 aromatic heterocycles. The minimum atomic E-state index is -3.70. The van der Waals surface area contributed by atoms with Gasteiger partial charge in [0.05, 0.1) is 11.4 Å². The standard InChI is InChI=1S/C17H19N3O4S/c1-19(2)14-5-3-13(4-6-14)18-25(22,23)16-9-7-15(8-10-16)20-11-12-24-17(20)21/h3-10,18H,11-12H2,1-2H3. The maximum Gasteiger partial charge on any atom is 0.414 e. The van der Waals surface area contributed by atoms with E-state index in [1.165, 1.54) is 17.0 Å². The van der Waals surface area contributed by atoms with Crippen LogP contribution in [0, 0.1) is 0 Å². The molecule has 25 heavy (non-hydrogen) atoms. The zero-order valence-corrected chi connectivity index (χ0v) is 14.8. The molecule has 8 heteroatoms. The number of hydrogen-bond acceptors (Lipinski definition) is 5. The highest BCUT2D eigenvalue weighted by molar-refractivity contribution is 7.92. The van der Waals surface area contributed by atoms with Gasteiger partial charge in [-0.05, 0) is 48.5 Å². The fourth-order valence-corrected chi connectivity index (χ4v) is 3.53. The van der Waals surface area contributed by atoms with Crippen molar-refractivity contribution in [3.8, 4) is 0 Å². The number of cyclic esters (lactones) is 1. The van der Waals surface area contributed by atoms with Gasteiger partial charge in [-0.1, -0.05) is 0 Å². The molecule has 1 saturated heterocycles. The third-order valence-corrected chi connectivity index (χ3v) is 5.25. The average Bonchev–Trinajstić information content (AvgIpc) is 3.01. The predicted octanol–water partition coefficient (Wildman–Crippen LogP) is 2.51. The largest absolute Gasteiger partial charge is 0.447 e. The number of carbonyl (C=O) groups is 1. The molecule has 2 aromatic rings. The van der Waals surface area contributed by atoms with Crippen molar-refractivity contribution in [1.82, 2.24) is 0 Å². The van der Waals surface area contributed by atoms with Gasteiger partial charge in [0.1, 0.15) is 6.61 Å². The Balaban J connectivity index is 1.76. The molecular weight excluding hydrogens is 342 g/mol. The van der Waals surface area contributed by atoms with Gasteiger partial charge in [0.25, 0.3) is 10.0 Å². The van der Waals surface area contributed by atoms with E-state index in [0.29, 0.717) is 24.5 Å². The second kappa shape index (κ2) is 6.64. The van der Waals surface area contributed by atoms with Crippen molar-refractivity contribution in [3.63, 3.8) is 0 Å². The lowest BCUT2D eigenvalue weighted by atomic mass is 10.3. The van der Waals surface area contributed by atoms with Crippen molar-refractivity contribution in [1.29, 1.82) is 0 Å². The molecule has 0 unspecified atom stereocenters. The molecule has 2 aromatic carbocycles. The van der Waals surface area contributed by atoms with Crippen molar-refractivity contribution in [2.45, 2.75) is 4.90 Å². The number of sulfonamides is 1. The molecule has 7 nitrogen and oxygen atoms in total. The number of hydrogen-bond donors (Lipinski definition) is 1. The van der Waals surface area contributed by atoms with Crippen molar-refractivity contribution < 1.29 is 17.9 Å². The first-order valence-electron chi connectivity index (χ1n) is 7.71. The van der Waals surface area contributed by atoms with Crippen LogP contribution in [0.3, 0.4) is 0 Å². The number of rotatable bonds is 5. The molecule has 0 saturated carbocycles. The molecule has 0 radical (unpaired) electrons. The average molecular weight is 361 g/mol. The molecule has 1 aliphatic rings. The molecule has 0 spiro atoms. The first kappa shape index (κ1) is 17.1. The summed E-state index contributed by atoms with van der Waals surface area (Å²) in [6.07, 6.45) is -0.422. The topological polar surface area (TPSA) is 79.0 Å². The smallest absolute Gasteiger partial charge is 0.414 e. The van der Waals surface area contributed by atoms with E-state index in [0.717, 1.165) is 5.69 Å². The van der Waals surface area contributed by atoms with Crippen LogP contribution in [0.15, 0.2) is 53.4 Å². The highest BCUT2D eigenvalue weighted by Crippen LogP contribution is 2.23. The van der Waals surface area contributed by atoms with Gasteiger partial charge < -0.3 is 9.64 Å². The Morgan fingerprint density at radius 2 is 1.68 bits per heavy atom. The monoisotopic (exact) mass is 361 g/mol. The minimum Gasteiger partial charge on any atom is -0.447 e. The zero-order valence-electron chi connectivity index (χ0n) is 14.0. The fourth-order valence-electron chi connectivity index (χ4n) is 2.47. The van der Waals surface area contributed by atoms with E-state index in [-0.39, 0.29) is 4.90 Å². The van der Waals surface area contributed by atoms with Crippen LogP contribution < -0.4 is 14.5 Å². The predicted molar refractivity (Wildman–Crippen MR) is 96.7 cm³/mol. The molecule has 1 N–H and O–H groups in total. The van der Waals surface area contributed by atoms with Crippen LogP contribution in [-0.2, 0) is 14.8 Å². The zero-order chi connectivity index (χ0) is 18.0. The number of ether oxygens (including phenoxy) is 1. The van der Waals surface area contributed by atoms with Crippen LogP contribution in [-0.4, -0.2) is 41.8 Å². The van der Waals surface area contributed by atoms with Gasteiger partial charge in [-0.3, -0.25) is 9.62 Å². The maximum atomic E-state index is 12.5. The first-order chi connectivity index (χ1) is 11.9. The van der Waals surface area contributed by atoms with Crippen LogP contribution >= 0.6 is 0 Å². The van der Waals surface area contributed by atoms with E-state index in [9.17, 15) is 13.2 Å². The Morgan fingerprint density at radius 3 is 2.20 bits per heavy atom. The van der Waals surface area contributed by atoms with Crippen LogP contribution in [0.2, 0.25) is 0 Å². The summed E-state index contributed by atoms with van der Waals surface area (Å²) in [5, 5.41) is 0. The van der Waals surface area contributed by atoms with Crippen molar-refractivity contribution in [2.24, 2.45) is 0 Å². The van der Waals surface area contributed by atoms with Crippen molar-refractivity contribution in [3.05, 3.63) is 48.5 Å². The fraction of sp³-hybridized carbons (Fsp3) is 0.235. The lowest BCUT2D eigenvalue weighted by Crippen LogP contribution is -2.23. The lowest BCUT2D eigenvalue weighted by Gasteiger charge is -2.15. The number of benzene rings is 2. The van der Waals surface area contributed by atoms with E-state index in [2.05, 4.69) is 4.72 Å². The molecule has 3 rings (SSSR count). The summed E-state index contributed by atoms with van der Waals surface area (Å²) in [5.41, 5.74) is 2.07. The minimum absolute atomic E-state index is 0.125. The molecule has 1 fully saturated rings. The third kappa shape index (κ3) is 3.69. The van der Waals surface area contributed by atoms with Gasteiger partial charge in [0.2, 0.25) is 0 Å². The second-order valence-corrected chi connectivity index (χ2v) is 7.49. The molecule has 1 amide bonds. The first-order valence-corrected chi connectivity index (χ1v) is 9.20. The van der Waals surface area contributed by atoms with Crippen molar-refractivity contribution >= 4 is 33.2 Å². The summed E-state index contributed by atoms with van der Waals surface area (Å²) in [4.78, 5) is 15.1. The van der Waals surface area contributed by atoms with Crippen LogP contribution in [0.4, 0.5) is 21.9 Å². The van der Waals surface area contributed by atoms with E-state index in [1.54, 1.807) is 24.3 Å². The van der Waals surface area contributed by atoms with E-state index >= 15 is 0 Å². The Kier molecular flexibility index (Phi) is 4.54. The van der Waals surface area contributed by atoms with Gasteiger partial charge in [-0.15, -0.1) is 0 Å². The van der Waals surface area contributed by atoms with Gasteiger partial charge in [0, 0.05) is 31.2 Å². The summed E-state index contributed by atoms with van der Waals surface area (Å²) in [7, 11) is 0.129. The van der Waals surface area contributed by atoms with E-state index in [4.69, 9.17) is 4.74 Å². The summed E-state index contributed by atoms with van der Waals surface area (Å²) in [6, 6.07) is 13.2. The summed E-state index contributed by atoms with van der Waals surface area (Å²) in [6.45, 7) is 0.796. The quantitative estimate of drug-likeness (QED) is 0.885. The molecule has 1 aliphatic heterocycles. The summed E-state index contributed by atoms with van der Waals surface area (Å²) >= 11 is 0. The Morgan fingerprint density at radius 1 is 1.04 bits per heavy atom. The van der Waals surface area contributed by atoms with E-state index < -0.39 is 16.1 Å². The van der Waals surface area contributed by atoms with Crippen molar-refractivity contribution in [2.75, 3.05) is 41.8 Å². The lowest BCUT2D eigenvalue weighted by molar-refractivity contribution is 0.181. The third-order valence-electron chi connectivity index (χ3n) is 3.86. The highest BCUT2D eigenvalue weighted by atomic mass is 32.2.